The van der Waals surface area contributed by atoms with E-state index < -0.39 is 9.84 Å². The summed E-state index contributed by atoms with van der Waals surface area (Å²) in [5.41, 5.74) is 3.17. The monoisotopic (exact) mass is 438 g/mol. The molecular formula is C19H23ClN4O2S2. The van der Waals surface area contributed by atoms with Crippen LogP contribution in [0.3, 0.4) is 0 Å². The van der Waals surface area contributed by atoms with Gasteiger partial charge in [0.05, 0.1) is 4.90 Å². The molecule has 3 rings (SSSR count). The lowest BCUT2D eigenvalue weighted by Gasteiger charge is -2.14. The van der Waals surface area contributed by atoms with Gasteiger partial charge in [-0.1, -0.05) is 17.7 Å². The lowest BCUT2D eigenvalue weighted by Crippen LogP contribution is -2.17. The summed E-state index contributed by atoms with van der Waals surface area (Å²) in [5.74, 6) is 0. The smallest absolute Gasteiger partial charge is 0.213 e. The van der Waals surface area contributed by atoms with Crippen LogP contribution in [-0.2, 0) is 16.3 Å². The standard InChI is InChI=1S/C19H23ClN4O2S2/c1-12-16(9-10-23(3)4)13(2)24-18(21-12)17(19(22-24)27-5)28(25,26)15-8-6-7-14(20)11-15/h6-8,11H,9-10H2,1-5H3. The molecule has 0 bridgehead atoms. The van der Waals surface area contributed by atoms with Crippen LogP contribution < -0.4 is 0 Å². The Balaban J connectivity index is 2.26. The van der Waals surface area contributed by atoms with E-state index in [2.05, 4.69) is 15.0 Å². The maximum Gasteiger partial charge on any atom is 0.213 e. The normalized spacial score (nSPS) is 12.2. The molecule has 1 aromatic carbocycles. The molecule has 0 spiro atoms. The minimum atomic E-state index is -3.82. The molecule has 0 aliphatic rings. The number of likely N-dealkylation sites (N-methyl/N-ethyl adjacent to an activating group) is 1. The molecule has 0 unspecified atom stereocenters. The zero-order valence-corrected chi connectivity index (χ0v) is 18.9. The van der Waals surface area contributed by atoms with Crippen LogP contribution in [0.1, 0.15) is 17.0 Å². The van der Waals surface area contributed by atoms with Gasteiger partial charge >= 0.3 is 0 Å². The Morgan fingerprint density at radius 1 is 1.25 bits per heavy atom. The first kappa shape index (κ1) is 21.1. The molecule has 9 heteroatoms. The van der Waals surface area contributed by atoms with E-state index in [0.29, 0.717) is 15.7 Å². The number of nitrogens with zero attached hydrogens (tertiary/aromatic N) is 4. The van der Waals surface area contributed by atoms with E-state index in [1.54, 1.807) is 22.7 Å². The summed E-state index contributed by atoms with van der Waals surface area (Å²) < 4.78 is 28.4. The number of hydrogen-bond acceptors (Lipinski definition) is 6. The predicted octanol–water partition coefficient (Wildman–Crippen LogP) is 3.66. The molecule has 0 amide bonds. The predicted molar refractivity (Wildman–Crippen MR) is 113 cm³/mol. The van der Waals surface area contributed by atoms with Crippen molar-refractivity contribution in [1.82, 2.24) is 19.5 Å². The van der Waals surface area contributed by atoms with E-state index in [-0.39, 0.29) is 9.79 Å². The molecular weight excluding hydrogens is 416 g/mol. The molecule has 2 aromatic heterocycles. The molecule has 0 aliphatic carbocycles. The molecule has 0 radical (unpaired) electrons. The second-order valence-corrected chi connectivity index (χ2v) is 9.97. The van der Waals surface area contributed by atoms with Gasteiger partial charge in [-0.15, -0.1) is 11.8 Å². The van der Waals surface area contributed by atoms with Crippen LogP contribution in [-0.4, -0.2) is 54.8 Å². The highest BCUT2D eigenvalue weighted by molar-refractivity contribution is 7.99. The molecule has 150 valence electrons. The molecule has 28 heavy (non-hydrogen) atoms. The fraction of sp³-hybridized carbons (Fsp3) is 0.368. The fourth-order valence-corrected chi connectivity index (χ4v) is 5.83. The SMILES string of the molecule is CSc1nn2c(C)c(CCN(C)C)c(C)nc2c1S(=O)(=O)c1cccc(Cl)c1. The third kappa shape index (κ3) is 3.78. The maximum absolute atomic E-state index is 13.4. The summed E-state index contributed by atoms with van der Waals surface area (Å²) in [6, 6.07) is 6.27. The largest absolute Gasteiger partial charge is 0.309 e. The summed E-state index contributed by atoms with van der Waals surface area (Å²) in [4.78, 5) is 7.03. The molecule has 2 heterocycles. The number of fused-ring (bicyclic) bond motifs is 1. The second-order valence-electron chi connectivity index (χ2n) is 6.85. The lowest BCUT2D eigenvalue weighted by molar-refractivity contribution is 0.412. The van der Waals surface area contributed by atoms with Gasteiger partial charge in [-0.25, -0.2) is 17.9 Å². The number of aromatic nitrogens is 3. The van der Waals surface area contributed by atoms with Gasteiger partial charge in [-0.2, -0.15) is 5.10 Å². The molecule has 0 saturated heterocycles. The van der Waals surface area contributed by atoms with E-state index in [1.165, 1.54) is 17.8 Å². The average molecular weight is 439 g/mol. The van der Waals surface area contributed by atoms with Gasteiger partial charge < -0.3 is 4.90 Å². The molecule has 0 aliphatic heterocycles. The molecule has 0 atom stereocenters. The van der Waals surface area contributed by atoms with Crippen molar-refractivity contribution in [3.63, 3.8) is 0 Å². The van der Waals surface area contributed by atoms with Crippen LogP contribution in [0.15, 0.2) is 39.1 Å². The number of aryl methyl sites for hydroxylation is 2. The summed E-state index contributed by atoms with van der Waals surface area (Å²) >= 11 is 7.32. The number of halogens is 1. The number of sulfone groups is 1. The minimum absolute atomic E-state index is 0.132. The summed E-state index contributed by atoms with van der Waals surface area (Å²) in [6.45, 7) is 4.75. The Morgan fingerprint density at radius 3 is 2.57 bits per heavy atom. The van der Waals surface area contributed by atoms with Crippen molar-refractivity contribution in [2.45, 2.75) is 35.1 Å². The molecule has 0 saturated carbocycles. The third-order valence-corrected chi connectivity index (χ3v) is 7.46. The Kier molecular flexibility index (Phi) is 6.05. The zero-order chi connectivity index (χ0) is 20.6. The van der Waals surface area contributed by atoms with Crippen molar-refractivity contribution in [1.29, 1.82) is 0 Å². The van der Waals surface area contributed by atoms with Crippen molar-refractivity contribution in [3.8, 4) is 0 Å². The van der Waals surface area contributed by atoms with E-state index >= 15 is 0 Å². The quantitative estimate of drug-likeness (QED) is 0.547. The van der Waals surface area contributed by atoms with Crippen LogP contribution in [0.5, 0.6) is 0 Å². The summed E-state index contributed by atoms with van der Waals surface area (Å²) in [5, 5.41) is 5.37. The first-order valence-corrected chi connectivity index (χ1v) is 11.8. The second kappa shape index (κ2) is 8.02. The molecule has 6 nitrogen and oxygen atoms in total. The Bertz CT molecular complexity index is 1140. The third-order valence-electron chi connectivity index (χ3n) is 4.63. The van der Waals surface area contributed by atoms with Gasteiger partial charge in [0.1, 0.15) is 5.03 Å². The van der Waals surface area contributed by atoms with Crippen LogP contribution in [0, 0.1) is 13.8 Å². The van der Waals surface area contributed by atoms with Crippen LogP contribution in [0.2, 0.25) is 5.02 Å². The van der Waals surface area contributed by atoms with Crippen molar-refractivity contribution < 1.29 is 8.42 Å². The molecule has 0 N–H and O–H groups in total. The van der Waals surface area contributed by atoms with Crippen molar-refractivity contribution in [2.24, 2.45) is 0 Å². The highest BCUT2D eigenvalue weighted by Gasteiger charge is 2.30. The fourth-order valence-electron chi connectivity index (χ4n) is 3.14. The molecule has 3 aromatic rings. The van der Waals surface area contributed by atoms with Crippen LogP contribution >= 0.6 is 23.4 Å². The van der Waals surface area contributed by atoms with E-state index in [0.717, 1.165) is 29.9 Å². The first-order chi connectivity index (χ1) is 13.2. The number of rotatable bonds is 6. The summed E-state index contributed by atoms with van der Waals surface area (Å²) in [7, 11) is 0.221. The lowest BCUT2D eigenvalue weighted by atomic mass is 10.1. The van der Waals surface area contributed by atoms with E-state index in [1.807, 2.05) is 34.2 Å². The van der Waals surface area contributed by atoms with E-state index in [4.69, 9.17) is 11.6 Å². The Hall–Kier alpha value is -1.61. The van der Waals surface area contributed by atoms with Crippen LogP contribution in [0.25, 0.3) is 5.65 Å². The first-order valence-electron chi connectivity index (χ1n) is 8.75. The van der Waals surface area contributed by atoms with Gasteiger partial charge in [0.15, 0.2) is 10.5 Å². The van der Waals surface area contributed by atoms with Crippen molar-refractivity contribution in [3.05, 3.63) is 46.2 Å². The Labute approximate surface area is 174 Å². The van der Waals surface area contributed by atoms with E-state index in [9.17, 15) is 8.42 Å². The van der Waals surface area contributed by atoms with Crippen molar-refractivity contribution >= 4 is 38.8 Å². The van der Waals surface area contributed by atoms with Gasteiger partial charge in [0, 0.05) is 23.0 Å². The van der Waals surface area contributed by atoms with Crippen molar-refractivity contribution in [2.75, 3.05) is 26.9 Å². The summed E-state index contributed by atoms with van der Waals surface area (Å²) in [6.07, 6.45) is 2.63. The van der Waals surface area contributed by atoms with Gasteiger partial charge in [0.25, 0.3) is 0 Å². The van der Waals surface area contributed by atoms with Crippen LogP contribution in [0.4, 0.5) is 0 Å². The zero-order valence-electron chi connectivity index (χ0n) is 16.5. The van der Waals surface area contributed by atoms with Gasteiger partial charge in [0.2, 0.25) is 9.84 Å². The highest BCUT2D eigenvalue weighted by Crippen LogP contribution is 2.34. The average Bonchev–Trinajstić information content (AvgIpc) is 3.00. The maximum atomic E-state index is 13.4. The number of thioether (sulfide) groups is 1. The van der Waals surface area contributed by atoms with Gasteiger partial charge in [-0.3, -0.25) is 0 Å². The highest BCUT2D eigenvalue weighted by atomic mass is 35.5. The topological polar surface area (TPSA) is 67.6 Å². The van der Waals surface area contributed by atoms with Gasteiger partial charge in [-0.05, 0) is 64.4 Å². The Morgan fingerprint density at radius 2 is 1.96 bits per heavy atom. The number of benzene rings is 1. The number of hydrogen-bond donors (Lipinski definition) is 0. The minimum Gasteiger partial charge on any atom is -0.309 e. The molecule has 0 fully saturated rings.